The molecule has 0 saturated heterocycles. The number of rotatable bonds is 6. The Morgan fingerprint density at radius 1 is 1.04 bits per heavy atom. The molecule has 0 radical (unpaired) electrons. The molecule has 0 unspecified atom stereocenters. The molecule has 6 heteroatoms. The second-order valence-electron chi connectivity index (χ2n) is 6.49. The van der Waals surface area contributed by atoms with Crippen LogP contribution in [0.5, 0.6) is 0 Å². The molecule has 1 heterocycles. The average molecular weight is 377 g/mol. The van der Waals surface area contributed by atoms with E-state index >= 15 is 0 Å². The monoisotopic (exact) mass is 377 g/mol. The molecule has 144 valence electrons. The van der Waals surface area contributed by atoms with Crippen molar-refractivity contribution >= 4 is 17.7 Å². The van der Waals surface area contributed by atoms with Gasteiger partial charge in [-0.2, -0.15) is 0 Å². The predicted octanol–water partition coefficient (Wildman–Crippen LogP) is 3.95. The fourth-order valence-electron chi connectivity index (χ4n) is 2.93. The summed E-state index contributed by atoms with van der Waals surface area (Å²) >= 11 is 0. The van der Waals surface area contributed by atoms with E-state index in [4.69, 9.17) is 0 Å². The van der Waals surface area contributed by atoms with Crippen LogP contribution in [-0.2, 0) is 17.8 Å². The van der Waals surface area contributed by atoms with Crippen LogP contribution in [0, 0.1) is 6.92 Å². The number of aromatic nitrogens is 1. The van der Waals surface area contributed by atoms with E-state index in [-0.39, 0.29) is 6.03 Å². The predicted molar refractivity (Wildman–Crippen MR) is 108 cm³/mol. The summed E-state index contributed by atoms with van der Waals surface area (Å²) in [5, 5.41) is 5.61. The van der Waals surface area contributed by atoms with Crippen molar-refractivity contribution in [2.45, 2.75) is 20.0 Å². The van der Waals surface area contributed by atoms with Crippen LogP contribution in [0.25, 0.3) is 0 Å². The molecular weight excluding hydrogens is 354 g/mol. The third-order valence-corrected chi connectivity index (χ3v) is 4.35. The van der Waals surface area contributed by atoms with Crippen LogP contribution < -0.4 is 10.6 Å². The number of nitrogens with one attached hydrogen (secondary N) is 2. The third kappa shape index (κ3) is 5.01. The van der Waals surface area contributed by atoms with Crippen molar-refractivity contribution in [3.8, 4) is 0 Å². The molecule has 6 nitrogen and oxygen atoms in total. The van der Waals surface area contributed by atoms with E-state index < -0.39 is 5.97 Å². The van der Waals surface area contributed by atoms with Gasteiger partial charge < -0.3 is 19.9 Å². The van der Waals surface area contributed by atoms with Crippen molar-refractivity contribution in [1.29, 1.82) is 0 Å². The van der Waals surface area contributed by atoms with E-state index in [0.29, 0.717) is 17.8 Å². The number of ether oxygens (including phenoxy) is 1. The van der Waals surface area contributed by atoms with E-state index in [0.717, 1.165) is 12.2 Å². The lowest BCUT2D eigenvalue weighted by molar-refractivity contribution is 0.0600. The Balaban J connectivity index is 1.55. The fraction of sp³-hybridized carbons (Fsp3) is 0.182. The molecule has 3 aromatic rings. The van der Waals surface area contributed by atoms with Gasteiger partial charge in [-0.3, -0.25) is 0 Å². The van der Waals surface area contributed by atoms with Crippen molar-refractivity contribution in [2.75, 3.05) is 12.4 Å². The van der Waals surface area contributed by atoms with Crippen LogP contribution in [0.2, 0.25) is 0 Å². The van der Waals surface area contributed by atoms with Gasteiger partial charge >= 0.3 is 12.0 Å². The number of hydrogen-bond donors (Lipinski definition) is 2. The van der Waals surface area contributed by atoms with Crippen LogP contribution in [0.3, 0.4) is 0 Å². The van der Waals surface area contributed by atoms with Crippen LogP contribution in [0.4, 0.5) is 10.5 Å². The molecule has 1 aromatic heterocycles. The third-order valence-electron chi connectivity index (χ3n) is 4.35. The zero-order valence-corrected chi connectivity index (χ0v) is 15.9. The average Bonchev–Trinajstić information content (AvgIpc) is 3.13. The SMILES string of the molecule is COC(=O)c1ccc(NC(=O)NCc2cccn2Cc2cccc(C)c2)cc1. The molecule has 2 aromatic carbocycles. The zero-order chi connectivity index (χ0) is 19.9. The zero-order valence-electron chi connectivity index (χ0n) is 15.9. The number of amides is 2. The van der Waals surface area contributed by atoms with Gasteiger partial charge in [0.2, 0.25) is 0 Å². The van der Waals surface area contributed by atoms with E-state index in [1.807, 2.05) is 24.4 Å². The lowest BCUT2D eigenvalue weighted by Gasteiger charge is -2.12. The highest BCUT2D eigenvalue weighted by Crippen LogP contribution is 2.12. The van der Waals surface area contributed by atoms with Crippen molar-refractivity contribution in [3.05, 3.63) is 89.2 Å². The molecule has 0 aliphatic heterocycles. The molecule has 2 N–H and O–H groups in total. The first-order valence-corrected chi connectivity index (χ1v) is 8.98. The second-order valence-corrected chi connectivity index (χ2v) is 6.49. The lowest BCUT2D eigenvalue weighted by atomic mass is 10.1. The van der Waals surface area contributed by atoms with Gasteiger partial charge in [-0.15, -0.1) is 0 Å². The Morgan fingerprint density at radius 2 is 1.82 bits per heavy atom. The van der Waals surface area contributed by atoms with Gasteiger partial charge in [-0.1, -0.05) is 29.8 Å². The fourth-order valence-corrected chi connectivity index (χ4v) is 2.93. The van der Waals surface area contributed by atoms with Gasteiger partial charge in [-0.05, 0) is 48.9 Å². The summed E-state index contributed by atoms with van der Waals surface area (Å²) in [6.45, 7) is 3.23. The summed E-state index contributed by atoms with van der Waals surface area (Å²) in [4.78, 5) is 23.6. The Morgan fingerprint density at radius 3 is 2.54 bits per heavy atom. The Hall–Kier alpha value is -3.54. The maximum atomic E-state index is 12.2. The van der Waals surface area contributed by atoms with Gasteiger partial charge in [0.15, 0.2) is 0 Å². The second kappa shape index (κ2) is 8.90. The van der Waals surface area contributed by atoms with Gasteiger partial charge in [0.05, 0.1) is 19.2 Å². The molecule has 0 fully saturated rings. The number of anilines is 1. The minimum atomic E-state index is -0.412. The molecule has 3 rings (SSSR count). The molecule has 2 amide bonds. The summed E-state index contributed by atoms with van der Waals surface area (Å²) in [6, 6.07) is 18.5. The Bertz CT molecular complexity index is 961. The van der Waals surface area contributed by atoms with Crippen LogP contribution in [0.1, 0.15) is 27.2 Å². The summed E-state index contributed by atoms with van der Waals surface area (Å²) in [6.07, 6.45) is 2.00. The summed E-state index contributed by atoms with van der Waals surface area (Å²) < 4.78 is 6.77. The largest absolute Gasteiger partial charge is 0.465 e. The van der Waals surface area contributed by atoms with Crippen molar-refractivity contribution < 1.29 is 14.3 Å². The number of nitrogens with zero attached hydrogens (tertiary/aromatic N) is 1. The van der Waals surface area contributed by atoms with Gasteiger partial charge in [0.1, 0.15) is 0 Å². The van der Waals surface area contributed by atoms with E-state index in [2.05, 4.69) is 45.1 Å². The van der Waals surface area contributed by atoms with Crippen molar-refractivity contribution in [1.82, 2.24) is 9.88 Å². The normalized spacial score (nSPS) is 10.4. The van der Waals surface area contributed by atoms with Gasteiger partial charge in [0, 0.05) is 24.1 Å². The van der Waals surface area contributed by atoms with Crippen molar-refractivity contribution in [3.63, 3.8) is 0 Å². The molecule has 0 aliphatic carbocycles. The molecule has 28 heavy (non-hydrogen) atoms. The van der Waals surface area contributed by atoms with Crippen LogP contribution in [-0.4, -0.2) is 23.7 Å². The maximum absolute atomic E-state index is 12.2. The van der Waals surface area contributed by atoms with E-state index in [1.165, 1.54) is 18.2 Å². The highest BCUT2D eigenvalue weighted by atomic mass is 16.5. The quantitative estimate of drug-likeness (QED) is 0.639. The first-order valence-electron chi connectivity index (χ1n) is 8.98. The summed E-state index contributed by atoms with van der Waals surface area (Å²) in [5.41, 5.74) is 4.48. The number of carbonyl (C=O) groups is 2. The topological polar surface area (TPSA) is 72.4 Å². The molecule has 0 bridgehead atoms. The summed E-state index contributed by atoms with van der Waals surface area (Å²) in [7, 11) is 1.33. The smallest absolute Gasteiger partial charge is 0.337 e. The molecule has 0 spiro atoms. The molecule has 0 aliphatic rings. The number of methoxy groups -OCH3 is 1. The first kappa shape index (κ1) is 19.2. The highest BCUT2D eigenvalue weighted by Gasteiger charge is 2.08. The number of aryl methyl sites for hydroxylation is 1. The number of hydrogen-bond acceptors (Lipinski definition) is 3. The van der Waals surface area contributed by atoms with Gasteiger partial charge in [-0.25, -0.2) is 9.59 Å². The standard InChI is InChI=1S/C22H23N3O3/c1-16-5-3-6-17(13-16)15-25-12-4-7-20(25)14-23-22(27)24-19-10-8-18(9-11-19)21(26)28-2/h3-13H,14-15H2,1-2H3,(H2,23,24,27). The number of benzene rings is 2. The van der Waals surface area contributed by atoms with Crippen molar-refractivity contribution in [2.24, 2.45) is 0 Å². The number of carbonyl (C=O) groups excluding carboxylic acids is 2. The van der Waals surface area contributed by atoms with Gasteiger partial charge in [0.25, 0.3) is 0 Å². The summed E-state index contributed by atoms with van der Waals surface area (Å²) in [5.74, 6) is -0.412. The highest BCUT2D eigenvalue weighted by molar-refractivity contribution is 5.92. The van der Waals surface area contributed by atoms with E-state index in [1.54, 1.807) is 24.3 Å². The molecule has 0 saturated carbocycles. The lowest BCUT2D eigenvalue weighted by Crippen LogP contribution is -2.29. The van der Waals surface area contributed by atoms with Crippen LogP contribution in [0.15, 0.2) is 66.9 Å². The minimum Gasteiger partial charge on any atom is -0.465 e. The maximum Gasteiger partial charge on any atom is 0.337 e. The number of esters is 1. The molecular formula is C22H23N3O3. The Labute approximate surface area is 164 Å². The van der Waals surface area contributed by atoms with E-state index in [9.17, 15) is 9.59 Å². The molecule has 0 atom stereocenters. The minimum absolute atomic E-state index is 0.311. The number of urea groups is 1. The Kier molecular flexibility index (Phi) is 6.11. The first-order chi connectivity index (χ1) is 13.5. The van der Waals surface area contributed by atoms with Crippen LogP contribution >= 0.6 is 0 Å².